The summed E-state index contributed by atoms with van der Waals surface area (Å²) in [6, 6.07) is 0. The maximum absolute atomic E-state index is 13.0. The normalized spacial score (nSPS) is 52.4. The monoisotopic (exact) mass is 206 g/mol. The van der Waals surface area contributed by atoms with Crippen molar-refractivity contribution in [1.82, 2.24) is 0 Å². The van der Waals surface area contributed by atoms with E-state index in [1.54, 1.807) is 0 Å². The molecule has 2 bridgehead atoms. The van der Waals surface area contributed by atoms with Gasteiger partial charge in [-0.25, -0.2) is 4.39 Å². The van der Waals surface area contributed by atoms with Gasteiger partial charge in [0.1, 0.15) is 12.0 Å². The van der Waals surface area contributed by atoms with Crippen LogP contribution in [0.5, 0.6) is 0 Å². The second-order valence-electron chi connectivity index (χ2n) is 3.14. The van der Waals surface area contributed by atoms with Crippen LogP contribution in [0.1, 0.15) is 12.8 Å². The first-order chi connectivity index (χ1) is 4.70. The van der Waals surface area contributed by atoms with Crippen LogP contribution < -0.4 is 0 Å². The van der Waals surface area contributed by atoms with Gasteiger partial charge >= 0.3 is 0 Å². The summed E-state index contributed by atoms with van der Waals surface area (Å²) in [5.74, 6) is -0.153. The molecule has 2 rings (SSSR count). The van der Waals surface area contributed by atoms with Gasteiger partial charge in [0, 0.05) is 17.2 Å². The third kappa shape index (κ3) is 0.698. The lowest BCUT2D eigenvalue weighted by molar-refractivity contribution is -0.122. The average Bonchev–Trinajstić information content (AvgIpc) is 2.26. The van der Waals surface area contributed by atoms with Crippen molar-refractivity contribution in [2.75, 3.05) is 0 Å². The van der Waals surface area contributed by atoms with E-state index in [9.17, 15) is 9.18 Å². The van der Waals surface area contributed by atoms with Gasteiger partial charge in [0.2, 0.25) is 0 Å². The number of carbonyl (C=O) groups is 1. The fraction of sp³-hybridized carbons (Fsp3) is 0.857. The highest BCUT2D eigenvalue weighted by atomic mass is 79.9. The molecule has 0 saturated heterocycles. The molecule has 0 spiro atoms. The van der Waals surface area contributed by atoms with Crippen LogP contribution in [0.25, 0.3) is 0 Å². The second kappa shape index (κ2) is 2.03. The number of rotatable bonds is 0. The summed E-state index contributed by atoms with van der Waals surface area (Å²) in [6.45, 7) is 0. The van der Waals surface area contributed by atoms with Gasteiger partial charge in [0.15, 0.2) is 0 Å². The van der Waals surface area contributed by atoms with Gasteiger partial charge in [-0.15, -0.1) is 0 Å². The number of alkyl halides is 2. The molecule has 1 nitrogen and oxygen atoms in total. The summed E-state index contributed by atoms with van der Waals surface area (Å²) in [6.07, 6.45) is 0.323. The SMILES string of the molecule is O=C1C[C@H]2[C@H](F)[C@@H]1C[C@H]2Br. The first kappa shape index (κ1) is 6.77. The van der Waals surface area contributed by atoms with Crippen molar-refractivity contribution in [3.05, 3.63) is 0 Å². The van der Waals surface area contributed by atoms with E-state index in [4.69, 9.17) is 0 Å². The van der Waals surface area contributed by atoms with Crippen molar-refractivity contribution < 1.29 is 9.18 Å². The maximum atomic E-state index is 13.0. The lowest BCUT2D eigenvalue weighted by Gasteiger charge is -2.12. The molecule has 0 aromatic heterocycles. The minimum absolute atomic E-state index is 0.0162. The number of Topliss-reactive ketones (excluding diaryl/α,β-unsaturated/α-hetero) is 1. The van der Waals surface area contributed by atoms with Gasteiger partial charge in [0.05, 0.1) is 5.92 Å². The zero-order chi connectivity index (χ0) is 7.30. The molecule has 2 fully saturated rings. The molecule has 2 aliphatic rings. The topological polar surface area (TPSA) is 17.1 Å². The Kier molecular flexibility index (Phi) is 1.38. The first-order valence-electron chi connectivity index (χ1n) is 3.51. The van der Waals surface area contributed by atoms with Crippen molar-refractivity contribution in [1.29, 1.82) is 0 Å². The Morgan fingerprint density at radius 3 is 2.60 bits per heavy atom. The summed E-state index contributed by atoms with van der Waals surface area (Å²) in [5, 5.41) is 0. The smallest absolute Gasteiger partial charge is 0.139 e. The molecule has 4 atom stereocenters. The molecule has 0 N–H and O–H groups in total. The summed E-state index contributed by atoms with van der Waals surface area (Å²) < 4.78 is 13.0. The third-order valence-corrected chi connectivity index (χ3v) is 3.64. The molecule has 2 aliphatic carbocycles. The van der Waals surface area contributed by atoms with E-state index in [2.05, 4.69) is 15.9 Å². The standard InChI is InChI=1S/C7H8BrFO/c8-5-1-4-6(10)2-3(5)7(4)9/h3-5,7H,1-2H2/t3-,4-,5-,7+/m1/s1. The molecule has 0 aliphatic heterocycles. The van der Waals surface area contributed by atoms with Crippen LogP contribution in [0.4, 0.5) is 4.39 Å². The minimum atomic E-state index is -0.850. The molecule has 2 saturated carbocycles. The van der Waals surface area contributed by atoms with Crippen LogP contribution in [0, 0.1) is 11.8 Å². The van der Waals surface area contributed by atoms with E-state index in [-0.39, 0.29) is 22.4 Å². The Balaban J connectivity index is 2.25. The molecule has 0 aromatic rings. The Morgan fingerprint density at radius 1 is 1.60 bits per heavy atom. The summed E-state index contributed by atoms with van der Waals surface area (Å²) >= 11 is 3.37. The van der Waals surface area contributed by atoms with E-state index in [1.165, 1.54) is 0 Å². The average molecular weight is 207 g/mol. The van der Waals surface area contributed by atoms with Gasteiger partial charge < -0.3 is 0 Å². The molecule has 0 radical (unpaired) electrons. The van der Waals surface area contributed by atoms with Gasteiger partial charge in [-0.2, -0.15) is 0 Å². The molecule has 0 unspecified atom stereocenters. The largest absolute Gasteiger partial charge is 0.299 e. The second-order valence-corrected chi connectivity index (χ2v) is 4.31. The predicted octanol–water partition coefficient (Wildman–Crippen LogP) is 1.70. The lowest BCUT2D eigenvalue weighted by atomic mass is 10.00. The molecule has 0 aromatic carbocycles. The number of hydrogen-bond acceptors (Lipinski definition) is 1. The predicted molar refractivity (Wildman–Crippen MR) is 38.8 cm³/mol. The zero-order valence-electron chi connectivity index (χ0n) is 5.39. The van der Waals surface area contributed by atoms with Crippen molar-refractivity contribution in [2.24, 2.45) is 11.8 Å². The Labute approximate surface area is 67.1 Å². The molecule has 56 valence electrons. The highest BCUT2D eigenvalue weighted by Crippen LogP contribution is 2.47. The number of carbonyl (C=O) groups excluding carboxylic acids is 1. The van der Waals surface area contributed by atoms with Crippen LogP contribution in [0.3, 0.4) is 0 Å². The Hall–Kier alpha value is 0.0800. The van der Waals surface area contributed by atoms with E-state index >= 15 is 0 Å². The zero-order valence-corrected chi connectivity index (χ0v) is 6.97. The van der Waals surface area contributed by atoms with Gasteiger partial charge in [-0.3, -0.25) is 4.79 Å². The minimum Gasteiger partial charge on any atom is -0.299 e. The highest BCUT2D eigenvalue weighted by Gasteiger charge is 2.52. The van der Waals surface area contributed by atoms with Crippen molar-refractivity contribution in [2.45, 2.75) is 23.8 Å². The molecule has 10 heavy (non-hydrogen) atoms. The molecular formula is C7H8BrFO. The number of fused-ring (bicyclic) bond motifs is 2. The molecule has 0 heterocycles. The number of hydrogen-bond donors (Lipinski definition) is 0. The fourth-order valence-electron chi connectivity index (χ4n) is 1.98. The fourth-order valence-corrected chi connectivity index (χ4v) is 2.86. The van der Waals surface area contributed by atoms with Crippen molar-refractivity contribution in [3.63, 3.8) is 0 Å². The highest BCUT2D eigenvalue weighted by molar-refractivity contribution is 9.09. The van der Waals surface area contributed by atoms with E-state index in [0.29, 0.717) is 12.8 Å². The van der Waals surface area contributed by atoms with E-state index in [0.717, 1.165) is 0 Å². The summed E-state index contributed by atoms with van der Waals surface area (Å²) in [5.41, 5.74) is 0. The van der Waals surface area contributed by atoms with Crippen LogP contribution in [-0.2, 0) is 4.79 Å². The maximum Gasteiger partial charge on any atom is 0.139 e. The van der Waals surface area contributed by atoms with E-state index in [1.807, 2.05) is 0 Å². The number of ketones is 1. The third-order valence-electron chi connectivity index (χ3n) is 2.59. The van der Waals surface area contributed by atoms with Crippen molar-refractivity contribution in [3.8, 4) is 0 Å². The van der Waals surface area contributed by atoms with Gasteiger partial charge in [0.25, 0.3) is 0 Å². The molecular weight excluding hydrogens is 199 g/mol. The lowest BCUT2D eigenvalue weighted by Crippen LogP contribution is -2.16. The Bertz CT molecular complexity index is 182. The number of halogens is 2. The van der Waals surface area contributed by atoms with Crippen LogP contribution in [0.2, 0.25) is 0 Å². The van der Waals surface area contributed by atoms with Crippen LogP contribution in [-0.4, -0.2) is 16.8 Å². The summed E-state index contributed by atoms with van der Waals surface area (Å²) in [7, 11) is 0. The van der Waals surface area contributed by atoms with E-state index < -0.39 is 6.17 Å². The van der Waals surface area contributed by atoms with Crippen LogP contribution >= 0.6 is 15.9 Å². The molecule has 0 amide bonds. The summed E-state index contributed by atoms with van der Waals surface area (Å²) in [4.78, 5) is 11.2. The van der Waals surface area contributed by atoms with Gasteiger partial charge in [-0.05, 0) is 6.42 Å². The van der Waals surface area contributed by atoms with Gasteiger partial charge in [-0.1, -0.05) is 15.9 Å². The Morgan fingerprint density at radius 2 is 2.30 bits per heavy atom. The molecule has 3 heteroatoms. The van der Waals surface area contributed by atoms with Crippen molar-refractivity contribution >= 4 is 21.7 Å². The van der Waals surface area contributed by atoms with Crippen LogP contribution in [0.15, 0.2) is 0 Å². The first-order valence-corrected chi connectivity index (χ1v) is 4.42. The quantitative estimate of drug-likeness (QED) is 0.552.